The first kappa shape index (κ1) is 8.28. The Labute approximate surface area is 81.3 Å². The highest BCUT2D eigenvalue weighted by atomic mass is 15.0. The monoisotopic (exact) mass is 179 g/mol. The maximum absolute atomic E-state index is 3.79. The Balaban J connectivity index is 1.62. The minimum atomic E-state index is 0.922. The van der Waals surface area contributed by atoms with Crippen molar-refractivity contribution in [3.63, 3.8) is 0 Å². The smallest absolute Gasteiger partial charge is 0.0124 e. The van der Waals surface area contributed by atoms with E-state index >= 15 is 0 Å². The van der Waals surface area contributed by atoms with Crippen LogP contribution in [0.3, 0.4) is 0 Å². The molecular weight excluding hydrogens is 158 g/mol. The van der Waals surface area contributed by atoms with Crippen LogP contribution in [0, 0.1) is 17.8 Å². The van der Waals surface area contributed by atoms with Gasteiger partial charge in [0, 0.05) is 6.04 Å². The van der Waals surface area contributed by atoms with Gasteiger partial charge in [-0.15, -0.1) is 0 Å². The normalized spacial score (nSPS) is 45.7. The second kappa shape index (κ2) is 3.27. The molecule has 4 fully saturated rings. The summed E-state index contributed by atoms with van der Waals surface area (Å²) < 4.78 is 0. The molecule has 13 heavy (non-hydrogen) atoms. The third-order valence-electron chi connectivity index (χ3n) is 4.58. The van der Waals surface area contributed by atoms with Gasteiger partial charge in [0.05, 0.1) is 0 Å². The topological polar surface area (TPSA) is 12.0 Å². The molecular formula is C12H21N. The average Bonchev–Trinajstić information content (AvgIpc) is 2.18. The molecule has 4 aliphatic rings. The van der Waals surface area contributed by atoms with E-state index in [-0.39, 0.29) is 0 Å². The molecule has 2 aliphatic heterocycles. The molecule has 2 heterocycles. The largest absolute Gasteiger partial charge is 0.313 e. The van der Waals surface area contributed by atoms with Gasteiger partial charge in [-0.3, -0.25) is 0 Å². The van der Waals surface area contributed by atoms with Crippen LogP contribution >= 0.6 is 0 Å². The Morgan fingerprint density at radius 2 is 1.62 bits per heavy atom. The van der Waals surface area contributed by atoms with E-state index in [2.05, 4.69) is 5.32 Å². The van der Waals surface area contributed by atoms with E-state index < -0.39 is 0 Å². The van der Waals surface area contributed by atoms with Crippen LogP contribution in [0.2, 0.25) is 0 Å². The van der Waals surface area contributed by atoms with Crippen molar-refractivity contribution in [2.24, 2.45) is 17.8 Å². The molecule has 1 N–H and O–H groups in total. The maximum atomic E-state index is 3.79. The molecule has 1 nitrogen and oxygen atoms in total. The predicted octanol–water partition coefficient (Wildman–Crippen LogP) is 2.56. The van der Waals surface area contributed by atoms with E-state index in [0.717, 1.165) is 23.8 Å². The number of fused-ring (bicyclic) bond motifs is 2. The van der Waals surface area contributed by atoms with E-state index in [9.17, 15) is 0 Å². The van der Waals surface area contributed by atoms with Crippen LogP contribution in [-0.4, -0.2) is 12.6 Å². The number of nitrogens with one attached hydrogen (secondary N) is 1. The second-order valence-electron chi connectivity index (χ2n) is 5.43. The lowest BCUT2D eigenvalue weighted by molar-refractivity contribution is 0.0422. The van der Waals surface area contributed by atoms with Gasteiger partial charge in [0.25, 0.3) is 0 Å². The van der Waals surface area contributed by atoms with E-state index in [1.807, 2.05) is 0 Å². The summed E-state index contributed by atoms with van der Waals surface area (Å²) in [6.07, 6.45) is 10.6. The van der Waals surface area contributed by atoms with Crippen molar-refractivity contribution < 1.29 is 0 Å². The van der Waals surface area contributed by atoms with Crippen LogP contribution in [0.1, 0.15) is 44.9 Å². The third kappa shape index (κ3) is 1.41. The van der Waals surface area contributed by atoms with Crippen molar-refractivity contribution in [3.8, 4) is 0 Å². The summed E-state index contributed by atoms with van der Waals surface area (Å²) >= 11 is 0. The minimum Gasteiger partial charge on any atom is -0.313 e. The Morgan fingerprint density at radius 1 is 0.846 bits per heavy atom. The number of hydrogen-bond donors (Lipinski definition) is 1. The predicted molar refractivity (Wildman–Crippen MR) is 54.6 cm³/mol. The van der Waals surface area contributed by atoms with E-state index in [1.54, 1.807) is 12.8 Å². The second-order valence-corrected chi connectivity index (χ2v) is 5.43. The summed E-state index contributed by atoms with van der Waals surface area (Å²) in [7, 11) is 0. The van der Waals surface area contributed by atoms with Crippen molar-refractivity contribution in [2.75, 3.05) is 6.54 Å². The highest BCUT2D eigenvalue weighted by molar-refractivity contribution is 4.98. The first-order chi connectivity index (χ1) is 6.43. The van der Waals surface area contributed by atoms with Crippen LogP contribution in [0.15, 0.2) is 0 Å². The van der Waals surface area contributed by atoms with Gasteiger partial charge in [-0.05, 0) is 50.0 Å². The van der Waals surface area contributed by atoms with Gasteiger partial charge in [-0.1, -0.05) is 19.3 Å². The van der Waals surface area contributed by atoms with Gasteiger partial charge in [-0.2, -0.15) is 0 Å². The SMILES string of the molecule is C1CCC(C2NCC3CC2C3)CC1. The summed E-state index contributed by atoms with van der Waals surface area (Å²) in [5, 5.41) is 3.79. The fourth-order valence-corrected chi connectivity index (χ4v) is 3.76. The molecule has 0 radical (unpaired) electrons. The number of rotatable bonds is 1. The minimum absolute atomic E-state index is 0.922. The Morgan fingerprint density at radius 3 is 2.23 bits per heavy atom. The van der Waals surface area contributed by atoms with Gasteiger partial charge in [-0.25, -0.2) is 0 Å². The molecule has 2 aliphatic carbocycles. The highest BCUT2D eigenvalue weighted by Gasteiger charge is 2.42. The summed E-state index contributed by atoms with van der Waals surface area (Å²) in [6.45, 7) is 1.33. The Bertz CT molecular complexity index is 175. The summed E-state index contributed by atoms with van der Waals surface area (Å²) in [5.41, 5.74) is 0. The summed E-state index contributed by atoms with van der Waals surface area (Å²) in [4.78, 5) is 0. The molecule has 0 aromatic heterocycles. The average molecular weight is 179 g/mol. The van der Waals surface area contributed by atoms with Crippen LogP contribution in [0.4, 0.5) is 0 Å². The zero-order valence-corrected chi connectivity index (χ0v) is 8.47. The lowest BCUT2D eigenvalue weighted by Gasteiger charge is -2.50. The Hall–Kier alpha value is -0.0400. The van der Waals surface area contributed by atoms with Crippen LogP contribution in [-0.2, 0) is 0 Å². The van der Waals surface area contributed by atoms with Gasteiger partial charge in [0.2, 0.25) is 0 Å². The lowest BCUT2D eigenvalue weighted by Crippen LogP contribution is -2.56. The van der Waals surface area contributed by atoms with Crippen LogP contribution < -0.4 is 5.32 Å². The molecule has 4 rings (SSSR count). The molecule has 2 saturated heterocycles. The summed E-state index contributed by atoms with van der Waals surface area (Å²) in [5.74, 6) is 3.17. The van der Waals surface area contributed by atoms with Crippen molar-refractivity contribution in [1.29, 1.82) is 0 Å². The zero-order valence-electron chi connectivity index (χ0n) is 8.47. The number of piperidine rings is 2. The summed E-state index contributed by atoms with van der Waals surface area (Å²) in [6, 6.07) is 0.922. The van der Waals surface area contributed by atoms with Gasteiger partial charge in [0.1, 0.15) is 0 Å². The molecule has 2 saturated carbocycles. The molecule has 0 amide bonds. The molecule has 0 aromatic rings. The molecule has 1 atom stereocenters. The van der Waals surface area contributed by atoms with E-state index in [4.69, 9.17) is 0 Å². The van der Waals surface area contributed by atoms with Crippen molar-refractivity contribution in [2.45, 2.75) is 51.0 Å². The van der Waals surface area contributed by atoms with Gasteiger partial charge in [0.15, 0.2) is 0 Å². The first-order valence-corrected chi connectivity index (χ1v) is 6.17. The molecule has 0 aromatic carbocycles. The van der Waals surface area contributed by atoms with E-state index in [1.165, 1.54) is 38.6 Å². The van der Waals surface area contributed by atoms with Gasteiger partial charge >= 0.3 is 0 Å². The standard InChI is InChI=1S/C12H21N/c1-2-4-10(5-3-1)12-11-6-9(7-11)8-13-12/h9-13H,1-8H2. The maximum Gasteiger partial charge on any atom is 0.0124 e. The third-order valence-corrected chi connectivity index (χ3v) is 4.58. The van der Waals surface area contributed by atoms with Gasteiger partial charge < -0.3 is 5.32 Å². The quantitative estimate of drug-likeness (QED) is 0.652. The van der Waals surface area contributed by atoms with Crippen molar-refractivity contribution >= 4 is 0 Å². The van der Waals surface area contributed by atoms with E-state index in [0.29, 0.717) is 0 Å². The molecule has 2 bridgehead atoms. The van der Waals surface area contributed by atoms with Crippen molar-refractivity contribution in [3.05, 3.63) is 0 Å². The number of hydrogen-bond acceptors (Lipinski definition) is 1. The Kier molecular flexibility index (Phi) is 2.08. The molecule has 0 spiro atoms. The highest BCUT2D eigenvalue weighted by Crippen LogP contribution is 2.44. The first-order valence-electron chi connectivity index (χ1n) is 6.17. The molecule has 1 unspecified atom stereocenters. The molecule has 1 heteroatoms. The fraction of sp³-hybridized carbons (Fsp3) is 1.00. The van der Waals surface area contributed by atoms with Crippen LogP contribution in [0.5, 0.6) is 0 Å². The lowest BCUT2D eigenvalue weighted by atomic mass is 9.63. The fourth-order valence-electron chi connectivity index (χ4n) is 3.76. The van der Waals surface area contributed by atoms with Crippen molar-refractivity contribution in [1.82, 2.24) is 5.32 Å². The van der Waals surface area contributed by atoms with Crippen LogP contribution in [0.25, 0.3) is 0 Å². The zero-order chi connectivity index (χ0) is 8.67. The molecule has 74 valence electrons.